The van der Waals surface area contributed by atoms with E-state index in [1.807, 2.05) is 12.1 Å². The molecule has 0 aliphatic carbocycles. The van der Waals surface area contributed by atoms with Crippen LogP contribution in [0.2, 0.25) is 5.02 Å². The molecule has 0 saturated heterocycles. The van der Waals surface area contributed by atoms with Gasteiger partial charge in [0.2, 0.25) is 0 Å². The molecular weight excluding hydrogens is 218 g/mol. The van der Waals surface area contributed by atoms with Crippen molar-refractivity contribution in [3.05, 3.63) is 29.3 Å². The SMILES string of the molecule is O=C(O)CN=CNNc1ccccc1Cl. The Morgan fingerprint density at radius 3 is 2.93 bits per heavy atom. The van der Waals surface area contributed by atoms with Gasteiger partial charge in [-0.1, -0.05) is 23.7 Å². The summed E-state index contributed by atoms with van der Waals surface area (Å²) in [7, 11) is 0. The lowest BCUT2D eigenvalue weighted by Crippen LogP contribution is -2.20. The lowest BCUT2D eigenvalue weighted by molar-refractivity contribution is -0.135. The van der Waals surface area contributed by atoms with Crippen LogP contribution in [0.5, 0.6) is 0 Å². The molecule has 5 nitrogen and oxygen atoms in total. The molecular formula is C9H10ClN3O2. The van der Waals surface area contributed by atoms with E-state index in [-0.39, 0.29) is 6.54 Å². The van der Waals surface area contributed by atoms with Gasteiger partial charge in [0.1, 0.15) is 12.9 Å². The summed E-state index contributed by atoms with van der Waals surface area (Å²) < 4.78 is 0. The molecule has 6 heteroatoms. The topological polar surface area (TPSA) is 73.7 Å². The largest absolute Gasteiger partial charge is 0.480 e. The van der Waals surface area contributed by atoms with E-state index in [0.29, 0.717) is 10.7 Å². The lowest BCUT2D eigenvalue weighted by atomic mass is 10.3. The molecule has 0 bridgehead atoms. The fourth-order valence-electron chi connectivity index (χ4n) is 0.842. The van der Waals surface area contributed by atoms with Crippen LogP contribution >= 0.6 is 11.6 Å². The van der Waals surface area contributed by atoms with Crippen LogP contribution in [0, 0.1) is 0 Å². The van der Waals surface area contributed by atoms with Gasteiger partial charge in [-0.3, -0.25) is 20.6 Å². The van der Waals surface area contributed by atoms with Crippen LogP contribution in [-0.4, -0.2) is 24.0 Å². The Hall–Kier alpha value is -1.75. The van der Waals surface area contributed by atoms with Crippen molar-refractivity contribution in [3.63, 3.8) is 0 Å². The molecule has 0 atom stereocenters. The van der Waals surface area contributed by atoms with Gasteiger partial charge in [0.25, 0.3) is 0 Å². The third-order valence-electron chi connectivity index (χ3n) is 1.46. The Bertz CT molecular complexity index is 368. The summed E-state index contributed by atoms with van der Waals surface area (Å²) in [6.07, 6.45) is 1.26. The number of nitrogens with one attached hydrogen (secondary N) is 2. The van der Waals surface area contributed by atoms with Crippen LogP contribution in [0.25, 0.3) is 0 Å². The number of para-hydroxylation sites is 1. The molecule has 0 amide bonds. The Morgan fingerprint density at radius 1 is 1.53 bits per heavy atom. The van der Waals surface area contributed by atoms with Crippen molar-refractivity contribution in [2.24, 2.45) is 4.99 Å². The molecule has 1 rings (SSSR count). The van der Waals surface area contributed by atoms with Gasteiger partial charge in [-0.05, 0) is 12.1 Å². The first kappa shape index (κ1) is 11.3. The average molecular weight is 228 g/mol. The van der Waals surface area contributed by atoms with Crippen LogP contribution in [-0.2, 0) is 4.79 Å². The monoisotopic (exact) mass is 227 g/mol. The van der Waals surface area contributed by atoms with Crippen molar-refractivity contribution in [2.45, 2.75) is 0 Å². The number of aliphatic carboxylic acids is 1. The molecule has 0 aliphatic heterocycles. The fourth-order valence-corrected chi connectivity index (χ4v) is 1.02. The number of carboxylic acid groups (broad SMARTS) is 1. The number of anilines is 1. The Kier molecular flexibility index (Phi) is 4.43. The summed E-state index contributed by atoms with van der Waals surface area (Å²) in [5.41, 5.74) is 6.07. The second-order valence-corrected chi connectivity index (χ2v) is 3.02. The predicted molar refractivity (Wildman–Crippen MR) is 59.2 cm³/mol. The third kappa shape index (κ3) is 4.33. The maximum atomic E-state index is 10.1. The van der Waals surface area contributed by atoms with Crippen molar-refractivity contribution >= 4 is 29.6 Å². The van der Waals surface area contributed by atoms with E-state index in [1.54, 1.807) is 12.1 Å². The summed E-state index contributed by atoms with van der Waals surface area (Å²) in [5, 5.41) is 8.86. The number of aliphatic imine (C=N–C) groups is 1. The highest BCUT2D eigenvalue weighted by molar-refractivity contribution is 6.33. The van der Waals surface area contributed by atoms with Crippen molar-refractivity contribution < 1.29 is 9.90 Å². The van der Waals surface area contributed by atoms with Gasteiger partial charge in [0.05, 0.1) is 10.7 Å². The summed E-state index contributed by atoms with van der Waals surface area (Å²) in [6, 6.07) is 7.15. The summed E-state index contributed by atoms with van der Waals surface area (Å²) in [6.45, 7) is -0.267. The number of rotatable bonds is 5. The molecule has 15 heavy (non-hydrogen) atoms. The first-order valence-electron chi connectivity index (χ1n) is 4.16. The molecule has 0 aliphatic rings. The van der Waals surface area contributed by atoms with Crippen molar-refractivity contribution in [2.75, 3.05) is 12.0 Å². The van der Waals surface area contributed by atoms with Crippen LogP contribution in [0.1, 0.15) is 0 Å². The number of nitrogens with zero attached hydrogens (tertiary/aromatic N) is 1. The maximum Gasteiger partial charge on any atom is 0.325 e. The second-order valence-electron chi connectivity index (χ2n) is 2.61. The van der Waals surface area contributed by atoms with Crippen LogP contribution < -0.4 is 10.9 Å². The highest BCUT2D eigenvalue weighted by Crippen LogP contribution is 2.18. The molecule has 0 heterocycles. The minimum atomic E-state index is -0.981. The Balaban J connectivity index is 2.35. The minimum absolute atomic E-state index is 0.267. The molecule has 0 spiro atoms. The predicted octanol–water partition coefficient (Wildman–Crippen LogP) is 1.37. The minimum Gasteiger partial charge on any atom is -0.480 e. The smallest absolute Gasteiger partial charge is 0.325 e. The number of carbonyl (C=O) groups is 1. The van der Waals surface area contributed by atoms with Crippen LogP contribution in [0.15, 0.2) is 29.3 Å². The van der Waals surface area contributed by atoms with E-state index in [0.717, 1.165) is 0 Å². The maximum absolute atomic E-state index is 10.1. The van der Waals surface area contributed by atoms with Gasteiger partial charge in [-0.2, -0.15) is 0 Å². The number of hydrogen-bond donors (Lipinski definition) is 3. The zero-order chi connectivity index (χ0) is 11.1. The second kappa shape index (κ2) is 5.87. The third-order valence-corrected chi connectivity index (χ3v) is 1.79. The van der Waals surface area contributed by atoms with E-state index in [1.165, 1.54) is 6.34 Å². The summed E-state index contributed by atoms with van der Waals surface area (Å²) >= 11 is 5.85. The number of benzene rings is 1. The molecule has 3 N–H and O–H groups in total. The Morgan fingerprint density at radius 2 is 2.27 bits per heavy atom. The van der Waals surface area contributed by atoms with Gasteiger partial charge in [0, 0.05) is 0 Å². The highest BCUT2D eigenvalue weighted by atomic mass is 35.5. The van der Waals surface area contributed by atoms with Crippen molar-refractivity contribution in [3.8, 4) is 0 Å². The van der Waals surface area contributed by atoms with Crippen LogP contribution in [0.4, 0.5) is 5.69 Å². The molecule has 0 saturated carbocycles. The lowest BCUT2D eigenvalue weighted by Gasteiger charge is -2.05. The quantitative estimate of drug-likeness (QED) is 0.404. The molecule has 1 aromatic rings. The summed E-state index contributed by atoms with van der Waals surface area (Å²) in [5.74, 6) is -0.981. The van der Waals surface area contributed by atoms with E-state index in [9.17, 15) is 4.79 Å². The van der Waals surface area contributed by atoms with Gasteiger partial charge in [0.15, 0.2) is 0 Å². The number of carboxylic acids is 1. The van der Waals surface area contributed by atoms with Crippen molar-refractivity contribution in [1.82, 2.24) is 5.43 Å². The zero-order valence-corrected chi connectivity index (χ0v) is 8.53. The number of hydrogen-bond acceptors (Lipinski definition) is 3. The van der Waals surface area contributed by atoms with Gasteiger partial charge in [-0.15, -0.1) is 0 Å². The number of hydrazine groups is 1. The van der Waals surface area contributed by atoms with Gasteiger partial charge < -0.3 is 5.11 Å². The van der Waals surface area contributed by atoms with E-state index in [4.69, 9.17) is 16.7 Å². The highest BCUT2D eigenvalue weighted by Gasteiger charge is 1.94. The van der Waals surface area contributed by atoms with Gasteiger partial charge in [-0.25, -0.2) is 0 Å². The molecule has 80 valence electrons. The first-order chi connectivity index (χ1) is 7.20. The molecule has 0 fully saturated rings. The molecule has 1 aromatic carbocycles. The first-order valence-corrected chi connectivity index (χ1v) is 4.54. The Labute approximate surface area is 91.8 Å². The van der Waals surface area contributed by atoms with E-state index in [2.05, 4.69) is 15.8 Å². The standard InChI is InChI=1S/C9H10ClN3O2/c10-7-3-1-2-4-8(7)13-12-6-11-5-9(14)15/h1-4,6,13H,5H2,(H,11,12)(H,14,15). The molecule has 0 radical (unpaired) electrons. The normalized spacial score (nSPS) is 10.2. The fraction of sp³-hybridized carbons (Fsp3) is 0.111. The average Bonchev–Trinajstić information content (AvgIpc) is 2.20. The summed E-state index contributed by atoms with van der Waals surface area (Å²) in [4.78, 5) is 13.7. The van der Waals surface area contributed by atoms with Crippen LogP contribution in [0.3, 0.4) is 0 Å². The van der Waals surface area contributed by atoms with E-state index >= 15 is 0 Å². The van der Waals surface area contributed by atoms with Gasteiger partial charge >= 0.3 is 5.97 Å². The van der Waals surface area contributed by atoms with E-state index < -0.39 is 5.97 Å². The zero-order valence-electron chi connectivity index (χ0n) is 7.77. The number of halogens is 1. The van der Waals surface area contributed by atoms with Crippen molar-refractivity contribution in [1.29, 1.82) is 0 Å². The molecule has 0 unspecified atom stereocenters. The molecule has 0 aromatic heterocycles.